The summed E-state index contributed by atoms with van der Waals surface area (Å²) in [5.74, 6) is 0. The summed E-state index contributed by atoms with van der Waals surface area (Å²) in [5, 5.41) is 36.0. The van der Waals surface area contributed by atoms with E-state index in [1.807, 2.05) is 36.4 Å². The lowest BCUT2D eigenvalue weighted by molar-refractivity contribution is 1.12. The second-order valence-electron chi connectivity index (χ2n) is 16.7. The van der Waals surface area contributed by atoms with Crippen molar-refractivity contribution in [2.45, 2.75) is 41.5 Å². The number of nitrogens with zero attached hydrogens (tertiary/aromatic N) is 5. The summed E-state index contributed by atoms with van der Waals surface area (Å²) in [6, 6.07) is 55.6. The fraction of sp³-hybridized carbons (Fsp3) is 0.105. The Morgan fingerprint density at radius 1 is 0.355 bits per heavy atom. The summed E-state index contributed by atoms with van der Waals surface area (Å²) in [4.78, 5) is 0. The molecule has 0 bridgehead atoms. The summed E-state index contributed by atoms with van der Waals surface area (Å²) < 4.78 is 4.42. The quantitative estimate of drug-likeness (QED) is 0.174. The number of fused-ring (bicyclic) bond motifs is 6. The molecule has 0 aliphatic carbocycles. The van der Waals surface area contributed by atoms with E-state index in [4.69, 9.17) is 0 Å². The molecule has 0 saturated carbocycles. The van der Waals surface area contributed by atoms with Crippen molar-refractivity contribution in [3.63, 3.8) is 0 Å². The Bertz CT molecular complexity index is 3410. The van der Waals surface area contributed by atoms with Gasteiger partial charge in [-0.15, -0.1) is 0 Å². The first-order valence-electron chi connectivity index (χ1n) is 20.8. The van der Waals surface area contributed by atoms with Crippen LogP contribution in [0.2, 0.25) is 0 Å². The zero-order valence-corrected chi connectivity index (χ0v) is 35.5. The van der Waals surface area contributed by atoms with Gasteiger partial charge in [0.25, 0.3) is 0 Å². The number of para-hydroxylation sites is 2. The van der Waals surface area contributed by atoms with E-state index in [1.165, 1.54) is 44.5 Å². The van der Waals surface area contributed by atoms with Gasteiger partial charge in [-0.05, 0) is 164 Å². The monoisotopic (exact) mass is 795 g/mol. The van der Waals surface area contributed by atoms with Gasteiger partial charge in [-0.25, -0.2) is 0 Å². The molecule has 5 nitrogen and oxygen atoms in total. The summed E-state index contributed by atoms with van der Waals surface area (Å²) in [5.41, 5.74) is 20.2. The third-order valence-corrected chi connectivity index (χ3v) is 12.5. The number of benzene rings is 8. The fourth-order valence-electron chi connectivity index (χ4n) is 10.2. The van der Waals surface area contributed by atoms with E-state index in [2.05, 4.69) is 166 Å². The first-order valence-corrected chi connectivity index (χ1v) is 20.8. The number of aromatic nitrogens is 2. The standard InChI is InChI=1S/C57H41N5/c1-33-19-35(3)56(36(4)20-33)41-15-17-52-47(26-41)45-11-7-9-13-50(45)61(52)54-28-44(43-24-39(30-58)23-40(25-43)31-59)29-55(49(54)32-60)62-51-14-10-8-12-46(51)48-27-42(16-18-53(48)62)57-37(5)21-34(2)22-38(57)6/h7-29H,1-6H3. The van der Waals surface area contributed by atoms with Gasteiger partial charge in [-0.2, -0.15) is 15.8 Å². The molecule has 2 heterocycles. The van der Waals surface area contributed by atoms with Gasteiger partial charge in [0.1, 0.15) is 11.6 Å². The van der Waals surface area contributed by atoms with Crippen LogP contribution >= 0.6 is 0 Å². The van der Waals surface area contributed by atoms with Crippen LogP contribution in [0.5, 0.6) is 0 Å². The van der Waals surface area contributed by atoms with Crippen LogP contribution in [0.3, 0.4) is 0 Å². The molecule has 62 heavy (non-hydrogen) atoms. The topological polar surface area (TPSA) is 81.2 Å². The van der Waals surface area contributed by atoms with Crippen LogP contribution in [0.15, 0.2) is 140 Å². The normalized spacial score (nSPS) is 11.3. The van der Waals surface area contributed by atoms with Crippen LogP contribution in [-0.2, 0) is 0 Å². The Morgan fingerprint density at radius 3 is 1.15 bits per heavy atom. The van der Waals surface area contributed by atoms with Crippen molar-refractivity contribution in [3.8, 4) is 63.0 Å². The Hall–Kier alpha value is -8.17. The number of hydrogen-bond donors (Lipinski definition) is 0. The van der Waals surface area contributed by atoms with Gasteiger partial charge >= 0.3 is 0 Å². The Morgan fingerprint density at radius 2 is 0.742 bits per heavy atom. The fourth-order valence-corrected chi connectivity index (χ4v) is 10.2. The molecule has 2 aromatic heterocycles. The minimum absolute atomic E-state index is 0.392. The highest BCUT2D eigenvalue weighted by Gasteiger charge is 2.24. The summed E-state index contributed by atoms with van der Waals surface area (Å²) in [6.45, 7) is 13.0. The average Bonchev–Trinajstić information content (AvgIpc) is 3.77. The minimum atomic E-state index is 0.392. The van der Waals surface area contributed by atoms with E-state index >= 15 is 0 Å². The zero-order valence-electron chi connectivity index (χ0n) is 35.5. The third kappa shape index (κ3) is 5.97. The molecular weight excluding hydrogens is 755 g/mol. The van der Waals surface area contributed by atoms with E-state index in [0.717, 1.165) is 60.3 Å². The second kappa shape index (κ2) is 14.5. The van der Waals surface area contributed by atoms with E-state index in [0.29, 0.717) is 33.6 Å². The van der Waals surface area contributed by atoms with Crippen molar-refractivity contribution >= 4 is 43.6 Å². The molecule has 0 fully saturated rings. The van der Waals surface area contributed by atoms with Gasteiger partial charge in [0, 0.05) is 21.5 Å². The van der Waals surface area contributed by atoms with Gasteiger partial charge in [0.05, 0.1) is 56.7 Å². The largest absolute Gasteiger partial charge is 0.308 e. The van der Waals surface area contributed by atoms with Crippen LogP contribution in [0.4, 0.5) is 0 Å². The first kappa shape index (κ1) is 38.1. The molecule has 0 N–H and O–H groups in total. The van der Waals surface area contributed by atoms with Crippen molar-refractivity contribution in [2.75, 3.05) is 0 Å². The molecule has 0 amide bonds. The second-order valence-corrected chi connectivity index (χ2v) is 16.7. The van der Waals surface area contributed by atoms with Gasteiger partial charge in [-0.3, -0.25) is 0 Å². The lowest BCUT2D eigenvalue weighted by atomic mass is 9.93. The van der Waals surface area contributed by atoms with Crippen molar-refractivity contribution in [1.29, 1.82) is 15.8 Å². The maximum absolute atomic E-state index is 11.5. The smallest absolute Gasteiger partial charge is 0.104 e. The van der Waals surface area contributed by atoms with Crippen LogP contribution in [0.1, 0.15) is 50.1 Å². The molecule has 10 rings (SSSR count). The van der Waals surface area contributed by atoms with Gasteiger partial charge in [-0.1, -0.05) is 83.9 Å². The molecular formula is C57H41N5. The van der Waals surface area contributed by atoms with Gasteiger partial charge in [0.2, 0.25) is 0 Å². The highest BCUT2D eigenvalue weighted by molar-refractivity contribution is 6.12. The molecule has 294 valence electrons. The molecule has 0 radical (unpaired) electrons. The maximum atomic E-state index is 11.5. The van der Waals surface area contributed by atoms with E-state index in [9.17, 15) is 15.8 Å². The predicted octanol–water partition coefficient (Wildman–Crippen LogP) is 14.3. The molecule has 0 aliphatic rings. The van der Waals surface area contributed by atoms with Gasteiger partial charge < -0.3 is 9.13 Å². The Balaban J connectivity index is 1.31. The summed E-state index contributed by atoms with van der Waals surface area (Å²) in [6.07, 6.45) is 0. The van der Waals surface area contributed by atoms with Crippen molar-refractivity contribution in [3.05, 3.63) is 190 Å². The van der Waals surface area contributed by atoms with Crippen LogP contribution in [0, 0.1) is 75.5 Å². The average molecular weight is 796 g/mol. The molecule has 0 saturated heterocycles. The van der Waals surface area contributed by atoms with Crippen molar-refractivity contribution in [2.24, 2.45) is 0 Å². The lowest BCUT2D eigenvalue weighted by Gasteiger charge is -2.19. The van der Waals surface area contributed by atoms with Crippen LogP contribution in [-0.4, -0.2) is 9.13 Å². The molecule has 0 aliphatic heterocycles. The van der Waals surface area contributed by atoms with Crippen molar-refractivity contribution < 1.29 is 0 Å². The predicted molar refractivity (Wildman–Crippen MR) is 254 cm³/mol. The van der Waals surface area contributed by atoms with Crippen molar-refractivity contribution in [1.82, 2.24) is 9.13 Å². The highest BCUT2D eigenvalue weighted by Crippen LogP contribution is 2.43. The molecule has 0 spiro atoms. The summed E-state index contributed by atoms with van der Waals surface area (Å²) >= 11 is 0. The molecule has 10 aromatic rings. The number of aryl methyl sites for hydroxylation is 6. The van der Waals surface area contributed by atoms with E-state index in [-0.39, 0.29) is 0 Å². The lowest BCUT2D eigenvalue weighted by Crippen LogP contribution is -2.05. The molecule has 8 aromatic carbocycles. The minimum Gasteiger partial charge on any atom is -0.308 e. The number of hydrogen-bond acceptors (Lipinski definition) is 3. The van der Waals surface area contributed by atoms with Gasteiger partial charge in [0.15, 0.2) is 0 Å². The molecule has 5 heteroatoms. The van der Waals surface area contributed by atoms with Crippen LogP contribution in [0.25, 0.3) is 88.4 Å². The number of rotatable bonds is 5. The summed E-state index contributed by atoms with van der Waals surface area (Å²) in [7, 11) is 0. The van der Waals surface area contributed by atoms with E-state index < -0.39 is 0 Å². The Labute approximate surface area is 361 Å². The highest BCUT2D eigenvalue weighted by atomic mass is 15.0. The van der Waals surface area contributed by atoms with E-state index in [1.54, 1.807) is 6.07 Å². The zero-order chi connectivity index (χ0) is 43.0. The number of nitriles is 3. The molecule has 0 unspecified atom stereocenters. The van der Waals surface area contributed by atoms with Crippen LogP contribution < -0.4 is 0 Å². The molecule has 0 atom stereocenters. The maximum Gasteiger partial charge on any atom is 0.104 e. The SMILES string of the molecule is Cc1cc(C)c(-c2ccc3c(c2)c2ccccc2n3-c2cc(-c3cc(C#N)cc(C#N)c3)cc(-n3c4ccccc4c4cc(-c5c(C)cc(C)cc5C)ccc43)c2C#N)c(C)c1. The first-order chi connectivity index (χ1) is 30.1. The third-order valence-electron chi connectivity index (χ3n) is 12.5. The Kier molecular flexibility index (Phi) is 8.92.